The molecule has 1 amide bonds. The second-order valence-electron chi connectivity index (χ2n) is 6.69. The van der Waals surface area contributed by atoms with Crippen molar-refractivity contribution in [2.45, 2.75) is 50.3 Å². The summed E-state index contributed by atoms with van der Waals surface area (Å²) in [5, 5.41) is 0. The highest BCUT2D eigenvalue weighted by Crippen LogP contribution is 2.31. The number of fused-ring (bicyclic) bond motifs is 1. The van der Waals surface area contributed by atoms with Crippen molar-refractivity contribution in [3.63, 3.8) is 0 Å². The molecule has 3 nitrogen and oxygen atoms in total. The standard InChI is InChI=1S/C19H25NO2S/c1-14(21)20-10-8-15(9-11-20)4-6-18(22)16-5-7-19-17(13-16)3-2-12-23-19/h5,7,13,15H,2-4,6,8-12H2,1H3. The third-order valence-electron chi connectivity index (χ3n) is 5.07. The maximum Gasteiger partial charge on any atom is 0.219 e. The molecule has 4 heteroatoms. The number of rotatable bonds is 4. The van der Waals surface area contributed by atoms with Crippen LogP contribution < -0.4 is 0 Å². The lowest BCUT2D eigenvalue weighted by Gasteiger charge is -2.31. The summed E-state index contributed by atoms with van der Waals surface area (Å²) < 4.78 is 0. The van der Waals surface area contributed by atoms with Crippen LogP contribution in [0.4, 0.5) is 0 Å². The van der Waals surface area contributed by atoms with Gasteiger partial charge in [0.05, 0.1) is 0 Å². The first-order chi connectivity index (χ1) is 11.1. The fourth-order valence-corrected chi connectivity index (χ4v) is 4.57. The van der Waals surface area contributed by atoms with E-state index in [1.165, 1.54) is 22.6 Å². The van der Waals surface area contributed by atoms with Gasteiger partial charge in [0.25, 0.3) is 0 Å². The molecule has 1 aromatic carbocycles. The number of carbonyl (C=O) groups is 2. The quantitative estimate of drug-likeness (QED) is 0.784. The molecule has 0 radical (unpaired) electrons. The SMILES string of the molecule is CC(=O)N1CCC(CCC(=O)c2ccc3c(c2)CCCS3)CC1. The third kappa shape index (κ3) is 4.17. The molecule has 0 atom stereocenters. The highest BCUT2D eigenvalue weighted by atomic mass is 32.2. The van der Waals surface area contributed by atoms with Crippen LogP contribution in [0.5, 0.6) is 0 Å². The lowest BCUT2D eigenvalue weighted by atomic mass is 9.90. The number of ketones is 1. The molecule has 0 unspecified atom stereocenters. The molecule has 2 aliphatic heterocycles. The highest BCUT2D eigenvalue weighted by molar-refractivity contribution is 7.99. The predicted octanol–water partition coefficient (Wildman–Crippen LogP) is 3.95. The number of thioether (sulfide) groups is 1. The largest absolute Gasteiger partial charge is 0.343 e. The van der Waals surface area contributed by atoms with Gasteiger partial charge in [-0.05, 0) is 61.5 Å². The zero-order chi connectivity index (χ0) is 16.2. The number of hydrogen-bond acceptors (Lipinski definition) is 3. The van der Waals surface area contributed by atoms with E-state index in [0.717, 1.165) is 44.3 Å². The van der Waals surface area contributed by atoms with Gasteiger partial charge in [-0.25, -0.2) is 0 Å². The number of Topliss-reactive ketones (excluding diaryl/α,β-unsaturated/α-hetero) is 1. The molecule has 23 heavy (non-hydrogen) atoms. The molecule has 0 N–H and O–H groups in total. The normalized spacial score (nSPS) is 18.6. The molecular weight excluding hydrogens is 306 g/mol. The van der Waals surface area contributed by atoms with E-state index in [1.807, 2.05) is 22.7 Å². The van der Waals surface area contributed by atoms with Crippen LogP contribution in [0.15, 0.2) is 23.1 Å². The molecule has 0 aromatic heterocycles. The Morgan fingerprint density at radius 1 is 1.26 bits per heavy atom. The van der Waals surface area contributed by atoms with Crippen LogP contribution in [-0.2, 0) is 11.2 Å². The second-order valence-corrected chi connectivity index (χ2v) is 7.82. The van der Waals surface area contributed by atoms with E-state index in [4.69, 9.17) is 0 Å². The van der Waals surface area contributed by atoms with Gasteiger partial charge in [-0.3, -0.25) is 9.59 Å². The average Bonchev–Trinajstić information content (AvgIpc) is 2.59. The summed E-state index contributed by atoms with van der Waals surface area (Å²) in [6, 6.07) is 6.23. The fourth-order valence-electron chi connectivity index (χ4n) is 3.55. The third-order valence-corrected chi connectivity index (χ3v) is 6.27. The summed E-state index contributed by atoms with van der Waals surface area (Å²) in [5.41, 5.74) is 2.23. The van der Waals surface area contributed by atoms with Crippen molar-refractivity contribution in [3.8, 4) is 0 Å². The molecule has 124 valence electrons. The average molecular weight is 331 g/mol. The number of piperidine rings is 1. The molecule has 0 aliphatic carbocycles. The Morgan fingerprint density at radius 2 is 2.04 bits per heavy atom. The smallest absolute Gasteiger partial charge is 0.219 e. The number of hydrogen-bond donors (Lipinski definition) is 0. The van der Waals surface area contributed by atoms with E-state index >= 15 is 0 Å². The molecule has 1 saturated heterocycles. The number of likely N-dealkylation sites (tertiary alicyclic amines) is 1. The number of aryl methyl sites for hydroxylation is 1. The van der Waals surface area contributed by atoms with Crippen molar-refractivity contribution in [2.24, 2.45) is 5.92 Å². The Labute approximate surface area is 142 Å². The number of nitrogens with zero attached hydrogens (tertiary/aromatic N) is 1. The fraction of sp³-hybridized carbons (Fsp3) is 0.579. The monoisotopic (exact) mass is 331 g/mol. The maximum absolute atomic E-state index is 12.5. The number of benzene rings is 1. The van der Waals surface area contributed by atoms with Crippen LogP contribution in [-0.4, -0.2) is 35.4 Å². The van der Waals surface area contributed by atoms with Gasteiger partial charge in [0, 0.05) is 36.9 Å². The van der Waals surface area contributed by atoms with Gasteiger partial charge in [0.2, 0.25) is 5.91 Å². The molecular formula is C19H25NO2S. The van der Waals surface area contributed by atoms with E-state index in [2.05, 4.69) is 12.1 Å². The van der Waals surface area contributed by atoms with Crippen LogP contribution in [0, 0.1) is 5.92 Å². The lowest BCUT2D eigenvalue weighted by Crippen LogP contribution is -2.37. The van der Waals surface area contributed by atoms with E-state index in [1.54, 1.807) is 6.92 Å². The topological polar surface area (TPSA) is 37.4 Å². The molecule has 0 saturated carbocycles. The van der Waals surface area contributed by atoms with Crippen LogP contribution >= 0.6 is 11.8 Å². The summed E-state index contributed by atoms with van der Waals surface area (Å²) in [6.45, 7) is 3.34. The minimum absolute atomic E-state index is 0.173. The zero-order valence-corrected chi connectivity index (χ0v) is 14.7. The zero-order valence-electron chi connectivity index (χ0n) is 13.8. The summed E-state index contributed by atoms with van der Waals surface area (Å²) in [7, 11) is 0. The first-order valence-corrected chi connectivity index (χ1v) is 9.66. The van der Waals surface area contributed by atoms with Gasteiger partial charge in [0.1, 0.15) is 0 Å². The van der Waals surface area contributed by atoms with E-state index in [-0.39, 0.29) is 11.7 Å². The highest BCUT2D eigenvalue weighted by Gasteiger charge is 2.21. The van der Waals surface area contributed by atoms with Gasteiger partial charge in [-0.2, -0.15) is 0 Å². The minimum atomic E-state index is 0.173. The summed E-state index contributed by atoms with van der Waals surface area (Å²) in [6.07, 6.45) is 5.98. The summed E-state index contributed by atoms with van der Waals surface area (Å²) in [4.78, 5) is 27.1. The van der Waals surface area contributed by atoms with E-state index < -0.39 is 0 Å². The van der Waals surface area contributed by atoms with Crippen molar-refractivity contribution in [1.82, 2.24) is 4.90 Å². The molecule has 1 aromatic rings. The van der Waals surface area contributed by atoms with Crippen LogP contribution in [0.2, 0.25) is 0 Å². The predicted molar refractivity (Wildman–Crippen MR) is 94.0 cm³/mol. The Kier molecular flexibility index (Phi) is 5.42. The van der Waals surface area contributed by atoms with Crippen molar-refractivity contribution in [3.05, 3.63) is 29.3 Å². The van der Waals surface area contributed by atoms with Crippen molar-refractivity contribution >= 4 is 23.5 Å². The number of amides is 1. The molecule has 2 aliphatic rings. The molecule has 3 rings (SSSR count). The van der Waals surface area contributed by atoms with Crippen molar-refractivity contribution < 1.29 is 9.59 Å². The van der Waals surface area contributed by atoms with Crippen LogP contribution in [0.1, 0.15) is 54.9 Å². The molecule has 2 heterocycles. The summed E-state index contributed by atoms with van der Waals surface area (Å²) in [5.74, 6) is 2.23. The van der Waals surface area contributed by atoms with Crippen molar-refractivity contribution in [2.75, 3.05) is 18.8 Å². The van der Waals surface area contributed by atoms with E-state index in [9.17, 15) is 9.59 Å². The molecule has 0 bridgehead atoms. The maximum atomic E-state index is 12.5. The minimum Gasteiger partial charge on any atom is -0.343 e. The van der Waals surface area contributed by atoms with Crippen molar-refractivity contribution in [1.29, 1.82) is 0 Å². The molecule has 0 spiro atoms. The van der Waals surface area contributed by atoms with Gasteiger partial charge < -0.3 is 4.90 Å². The Hall–Kier alpha value is -1.29. The summed E-state index contributed by atoms with van der Waals surface area (Å²) >= 11 is 1.90. The Morgan fingerprint density at radius 3 is 2.78 bits per heavy atom. The van der Waals surface area contributed by atoms with E-state index in [0.29, 0.717) is 12.3 Å². The Balaban J connectivity index is 1.51. The molecule has 1 fully saturated rings. The Bertz CT molecular complexity index is 591. The van der Waals surface area contributed by atoms with Gasteiger partial charge in [-0.15, -0.1) is 11.8 Å². The second kappa shape index (κ2) is 7.52. The van der Waals surface area contributed by atoms with Gasteiger partial charge in [-0.1, -0.05) is 6.07 Å². The van der Waals surface area contributed by atoms with Crippen LogP contribution in [0.25, 0.3) is 0 Å². The van der Waals surface area contributed by atoms with Gasteiger partial charge >= 0.3 is 0 Å². The van der Waals surface area contributed by atoms with Gasteiger partial charge in [0.15, 0.2) is 5.78 Å². The van der Waals surface area contributed by atoms with Crippen LogP contribution in [0.3, 0.4) is 0 Å². The first kappa shape index (κ1) is 16.6. The first-order valence-electron chi connectivity index (χ1n) is 8.68. The lowest BCUT2D eigenvalue weighted by molar-refractivity contribution is -0.130. The number of carbonyl (C=O) groups excluding carboxylic acids is 2.